The second-order valence-electron chi connectivity index (χ2n) is 11.0. The van der Waals surface area contributed by atoms with Gasteiger partial charge < -0.3 is 14.6 Å². The fourth-order valence-electron chi connectivity index (χ4n) is 6.03. The predicted octanol–water partition coefficient (Wildman–Crippen LogP) is 9.30. The third kappa shape index (κ3) is 4.88. The van der Waals surface area contributed by atoms with Crippen molar-refractivity contribution in [3.05, 3.63) is 162 Å². The van der Waals surface area contributed by atoms with Gasteiger partial charge in [0.15, 0.2) is 5.84 Å². The second kappa shape index (κ2) is 11.2. The van der Waals surface area contributed by atoms with Crippen LogP contribution in [0.5, 0.6) is 11.5 Å². The van der Waals surface area contributed by atoms with Crippen molar-refractivity contribution >= 4 is 33.5 Å². The number of aromatic nitrogens is 1. The van der Waals surface area contributed by atoms with Gasteiger partial charge in [0.05, 0.1) is 11.0 Å². The zero-order chi connectivity index (χ0) is 29.3. The van der Waals surface area contributed by atoms with Crippen molar-refractivity contribution in [3.8, 4) is 17.2 Å². The van der Waals surface area contributed by atoms with Crippen LogP contribution in [0.1, 0.15) is 30.1 Å². The molecule has 0 radical (unpaired) electrons. The first-order valence-electron chi connectivity index (χ1n) is 15.0. The summed E-state index contributed by atoms with van der Waals surface area (Å²) in [5, 5.41) is 5.91. The highest BCUT2D eigenvalue weighted by Crippen LogP contribution is 2.35. The third-order valence-corrected chi connectivity index (χ3v) is 8.18. The number of nitrogens with one attached hydrogen (secondary N) is 1. The summed E-state index contributed by atoms with van der Waals surface area (Å²) < 4.78 is 8.69. The number of fused-ring (bicyclic) bond motifs is 3. The van der Waals surface area contributed by atoms with Gasteiger partial charge in [0.1, 0.15) is 23.5 Å². The molecule has 44 heavy (non-hydrogen) atoms. The molecular weight excluding hydrogens is 540 g/mol. The summed E-state index contributed by atoms with van der Waals surface area (Å²) in [7, 11) is 0. The lowest BCUT2D eigenvalue weighted by Crippen LogP contribution is -2.34. The number of amidine groups is 2. The van der Waals surface area contributed by atoms with Gasteiger partial charge >= 0.3 is 0 Å². The molecule has 0 saturated carbocycles. The van der Waals surface area contributed by atoms with Gasteiger partial charge in [-0.15, -0.1) is 0 Å². The minimum atomic E-state index is -0.203. The maximum atomic E-state index is 6.39. The number of benzene rings is 5. The summed E-state index contributed by atoms with van der Waals surface area (Å²) in [6, 6.07) is 43.7. The number of nitrogens with zero attached hydrogens (tertiary/aromatic N) is 3. The summed E-state index contributed by atoms with van der Waals surface area (Å²) in [4.78, 5) is 9.97. The first kappa shape index (κ1) is 26.0. The van der Waals surface area contributed by atoms with Gasteiger partial charge in [0.25, 0.3) is 0 Å². The zero-order valence-corrected chi connectivity index (χ0v) is 24.1. The molecule has 5 nitrogen and oxygen atoms in total. The molecule has 0 fully saturated rings. The van der Waals surface area contributed by atoms with Gasteiger partial charge in [-0.1, -0.05) is 85.0 Å². The summed E-state index contributed by atoms with van der Waals surface area (Å²) in [6.07, 6.45) is 8.21. The van der Waals surface area contributed by atoms with Crippen LogP contribution in [0.3, 0.4) is 0 Å². The van der Waals surface area contributed by atoms with Crippen molar-refractivity contribution in [2.45, 2.75) is 19.0 Å². The molecular formula is C39H30N4O. The molecule has 1 unspecified atom stereocenters. The Bertz CT molecular complexity index is 2100. The van der Waals surface area contributed by atoms with E-state index >= 15 is 0 Å². The van der Waals surface area contributed by atoms with E-state index in [0.717, 1.165) is 57.9 Å². The van der Waals surface area contributed by atoms with Gasteiger partial charge in [-0.3, -0.25) is 0 Å². The van der Waals surface area contributed by atoms with E-state index in [-0.39, 0.29) is 6.17 Å². The lowest BCUT2D eigenvalue weighted by Gasteiger charge is -2.25. The number of aliphatic imine (C=N–C) groups is 2. The number of ether oxygens (including phenoxy) is 1. The number of rotatable bonds is 6. The Kier molecular flexibility index (Phi) is 6.61. The third-order valence-electron chi connectivity index (χ3n) is 8.18. The second-order valence-corrected chi connectivity index (χ2v) is 11.0. The summed E-state index contributed by atoms with van der Waals surface area (Å²) in [5.41, 5.74) is 6.71. The van der Waals surface area contributed by atoms with Crippen molar-refractivity contribution in [1.82, 2.24) is 9.88 Å². The van der Waals surface area contributed by atoms with Crippen molar-refractivity contribution in [3.63, 3.8) is 0 Å². The molecule has 1 aromatic heterocycles. The van der Waals surface area contributed by atoms with Gasteiger partial charge in [-0.05, 0) is 84.6 Å². The summed E-state index contributed by atoms with van der Waals surface area (Å²) in [5.74, 6) is 3.15. The van der Waals surface area contributed by atoms with E-state index in [1.807, 2.05) is 54.6 Å². The predicted molar refractivity (Wildman–Crippen MR) is 180 cm³/mol. The van der Waals surface area contributed by atoms with E-state index in [0.29, 0.717) is 5.84 Å². The first-order valence-corrected chi connectivity index (χ1v) is 15.0. The van der Waals surface area contributed by atoms with Crippen molar-refractivity contribution in [2.75, 3.05) is 0 Å². The smallest absolute Gasteiger partial charge is 0.159 e. The van der Waals surface area contributed by atoms with E-state index in [9.17, 15) is 0 Å². The lowest BCUT2D eigenvalue weighted by atomic mass is 10.0. The van der Waals surface area contributed by atoms with Crippen molar-refractivity contribution in [2.24, 2.45) is 9.98 Å². The largest absolute Gasteiger partial charge is 0.457 e. The Labute approximate surface area is 256 Å². The standard InChI is InChI=1S/C39H30N4O/c1-4-12-27(13-5-1)37-40-38(28-14-6-2-7-15-28)42-39(41-37)29-20-22-31(23-21-29)44-32-24-25-36-34(26-32)33-18-10-11-19-35(33)43(36)30-16-8-3-9-17-30/h1-6,8-14,16-26,37H,7,15H2,(H,40,41,42). The van der Waals surface area contributed by atoms with Crippen LogP contribution >= 0.6 is 0 Å². The summed E-state index contributed by atoms with van der Waals surface area (Å²) >= 11 is 0. The molecule has 2 heterocycles. The average molecular weight is 571 g/mol. The molecule has 1 atom stereocenters. The molecule has 6 aromatic rings. The van der Waals surface area contributed by atoms with Gasteiger partial charge in [0, 0.05) is 22.0 Å². The summed E-state index contributed by atoms with van der Waals surface area (Å²) in [6.45, 7) is 0. The number of para-hydroxylation sites is 2. The quantitative estimate of drug-likeness (QED) is 0.217. The van der Waals surface area contributed by atoms with Crippen LogP contribution in [-0.2, 0) is 0 Å². The van der Waals surface area contributed by atoms with Crippen LogP contribution in [0.25, 0.3) is 27.5 Å². The Balaban J connectivity index is 1.11. The van der Waals surface area contributed by atoms with Crippen molar-refractivity contribution < 1.29 is 4.74 Å². The first-order chi connectivity index (χ1) is 21.8. The van der Waals surface area contributed by atoms with Crippen LogP contribution in [0.15, 0.2) is 161 Å². The molecule has 0 bridgehead atoms. The van der Waals surface area contributed by atoms with E-state index in [2.05, 4.69) is 101 Å². The fourth-order valence-corrected chi connectivity index (χ4v) is 6.03. The molecule has 0 amide bonds. The van der Waals surface area contributed by atoms with Crippen LogP contribution in [-0.4, -0.2) is 16.2 Å². The normalized spacial score (nSPS) is 16.3. The van der Waals surface area contributed by atoms with Gasteiger partial charge in [-0.25, -0.2) is 9.98 Å². The molecule has 5 heteroatoms. The Morgan fingerprint density at radius 3 is 2.23 bits per heavy atom. The highest BCUT2D eigenvalue weighted by atomic mass is 16.5. The molecule has 212 valence electrons. The molecule has 0 spiro atoms. The fraction of sp³-hybridized carbons (Fsp3) is 0.0769. The molecule has 8 rings (SSSR count). The molecule has 1 aliphatic carbocycles. The van der Waals surface area contributed by atoms with E-state index in [4.69, 9.17) is 14.7 Å². The Morgan fingerprint density at radius 2 is 1.43 bits per heavy atom. The monoisotopic (exact) mass is 570 g/mol. The molecule has 1 aliphatic heterocycles. The average Bonchev–Trinajstić information content (AvgIpc) is 3.43. The van der Waals surface area contributed by atoms with Crippen LogP contribution in [0.4, 0.5) is 0 Å². The number of hydrogen-bond donors (Lipinski definition) is 1. The highest BCUT2D eigenvalue weighted by molar-refractivity contribution is 6.13. The van der Waals surface area contributed by atoms with E-state index in [1.165, 1.54) is 16.5 Å². The highest BCUT2D eigenvalue weighted by Gasteiger charge is 2.22. The van der Waals surface area contributed by atoms with Crippen molar-refractivity contribution in [1.29, 1.82) is 0 Å². The Hall–Kier alpha value is -5.68. The van der Waals surface area contributed by atoms with Gasteiger partial charge in [0.2, 0.25) is 0 Å². The Morgan fingerprint density at radius 1 is 0.705 bits per heavy atom. The minimum Gasteiger partial charge on any atom is -0.457 e. The van der Waals surface area contributed by atoms with Gasteiger partial charge in [-0.2, -0.15) is 0 Å². The van der Waals surface area contributed by atoms with E-state index in [1.54, 1.807) is 0 Å². The molecule has 5 aromatic carbocycles. The number of hydrogen-bond acceptors (Lipinski definition) is 4. The van der Waals surface area contributed by atoms with Crippen LogP contribution in [0.2, 0.25) is 0 Å². The SMILES string of the molecule is C1=CCCC(C2=NC(c3ccc(Oc4ccc5c(c4)c4ccccc4n5-c4ccccc4)cc3)=NC(c3ccccc3)N2)=C1. The van der Waals surface area contributed by atoms with E-state index < -0.39 is 0 Å². The van der Waals surface area contributed by atoms with Crippen LogP contribution in [0, 0.1) is 0 Å². The maximum Gasteiger partial charge on any atom is 0.159 e. The topological polar surface area (TPSA) is 50.9 Å². The molecule has 0 saturated heterocycles. The zero-order valence-electron chi connectivity index (χ0n) is 24.1. The van der Waals surface area contributed by atoms with Crippen LogP contribution < -0.4 is 10.1 Å². The maximum absolute atomic E-state index is 6.39. The molecule has 2 aliphatic rings. The lowest BCUT2D eigenvalue weighted by molar-refractivity contribution is 0.483. The molecule has 1 N–H and O–H groups in total. The minimum absolute atomic E-state index is 0.203. The number of allylic oxidation sites excluding steroid dienone is 3.